The molecule has 2 aromatic heterocycles. The topological polar surface area (TPSA) is 50.4 Å². The van der Waals surface area contributed by atoms with Crippen LogP contribution in [0.1, 0.15) is 10.4 Å². The van der Waals surface area contributed by atoms with Gasteiger partial charge in [0.15, 0.2) is 0 Å². The van der Waals surface area contributed by atoms with Crippen molar-refractivity contribution in [1.29, 1.82) is 0 Å². The normalized spacial score (nSPS) is 11.7. The molecule has 0 radical (unpaired) electrons. The first-order chi connectivity index (χ1) is 14.2. The van der Waals surface area contributed by atoms with E-state index in [9.17, 15) is 9.90 Å². The molecular formula is C25H14O3S. The smallest absolute Gasteiger partial charge is 0.336 e. The number of thiophene rings is 1. The molecule has 0 atom stereocenters. The number of fused-ring (bicyclic) bond motifs is 6. The summed E-state index contributed by atoms with van der Waals surface area (Å²) < 4.78 is 8.45. The quantitative estimate of drug-likeness (QED) is 0.335. The van der Waals surface area contributed by atoms with Gasteiger partial charge in [0.25, 0.3) is 0 Å². The number of benzene rings is 4. The summed E-state index contributed by atoms with van der Waals surface area (Å²) in [7, 11) is 0. The Morgan fingerprint density at radius 3 is 2.38 bits per heavy atom. The van der Waals surface area contributed by atoms with Crippen LogP contribution >= 0.6 is 11.3 Å². The monoisotopic (exact) mass is 394 g/mol. The van der Waals surface area contributed by atoms with Crippen molar-refractivity contribution in [2.24, 2.45) is 0 Å². The molecule has 0 fully saturated rings. The van der Waals surface area contributed by atoms with Crippen molar-refractivity contribution in [2.45, 2.75) is 0 Å². The van der Waals surface area contributed by atoms with Crippen LogP contribution in [0.4, 0.5) is 0 Å². The lowest BCUT2D eigenvalue weighted by Gasteiger charge is -2.09. The number of carboxylic acids is 1. The van der Waals surface area contributed by atoms with Gasteiger partial charge in [0.1, 0.15) is 11.2 Å². The van der Waals surface area contributed by atoms with E-state index in [0.717, 1.165) is 32.0 Å². The maximum atomic E-state index is 12.1. The third-order valence-electron chi connectivity index (χ3n) is 5.45. The molecule has 1 N–H and O–H groups in total. The van der Waals surface area contributed by atoms with Gasteiger partial charge >= 0.3 is 5.97 Å². The molecule has 29 heavy (non-hydrogen) atoms. The molecule has 4 heteroatoms. The van der Waals surface area contributed by atoms with Gasteiger partial charge in [-0.15, -0.1) is 11.3 Å². The number of carboxylic acid groups (broad SMARTS) is 1. The number of aromatic carboxylic acids is 1. The summed E-state index contributed by atoms with van der Waals surface area (Å²) in [6.45, 7) is 0. The molecule has 0 aliphatic heterocycles. The van der Waals surface area contributed by atoms with Crippen LogP contribution in [-0.2, 0) is 0 Å². The fraction of sp³-hybridized carbons (Fsp3) is 0. The third kappa shape index (κ3) is 2.27. The molecule has 6 aromatic rings. The van der Waals surface area contributed by atoms with Crippen LogP contribution in [0.25, 0.3) is 53.2 Å². The van der Waals surface area contributed by atoms with Gasteiger partial charge in [-0.3, -0.25) is 0 Å². The average Bonchev–Trinajstić information content (AvgIpc) is 3.31. The zero-order valence-corrected chi connectivity index (χ0v) is 16.0. The van der Waals surface area contributed by atoms with Crippen molar-refractivity contribution in [3.8, 4) is 11.1 Å². The van der Waals surface area contributed by atoms with Crippen molar-refractivity contribution >= 4 is 59.4 Å². The molecule has 6 rings (SSSR count). The molecule has 0 saturated heterocycles. The van der Waals surface area contributed by atoms with Gasteiger partial charge in [0.2, 0.25) is 0 Å². The Kier molecular flexibility index (Phi) is 3.34. The van der Waals surface area contributed by atoms with E-state index < -0.39 is 5.97 Å². The first kappa shape index (κ1) is 16.3. The van der Waals surface area contributed by atoms with Crippen molar-refractivity contribution < 1.29 is 14.3 Å². The van der Waals surface area contributed by atoms with Gasteiger partial charge in [-0.1, -0.05) is 54.6 Å². The van der Waals surface area contributed by atoms with Crippen LogP contribution in [0.2, 0.25) is 0 Å². The van der Waals surface area contributed by atoms with Crippen LogP contribution in [0.15, 0.2) is 83.3 Å². The van der Waals surface area contributed by atoms with E-state index in [1.54, 1.807) is 17.4 Å². The van der Waals surface area contributed by atoms with Gasteiger partial charge in [-0.05, 0) is 24.3 Å². The van der Waals surface area contributed by atoms with E-state index in [-0.39, 0.29) is 5.56 Å². The Labute approximate surface area is 169 Å². The maximum Gasteiger partial charge on any atom is 0.336 e. The molecule has 138 valence electrons. The molecule has 0 spiro atoms. The van der Waals surface area contributed by atoms with Crippen LogP contribution in [0, 0.1) is 0 Å². The highest BCUT2D eigenvalue weighted by Crippen LogP contribution is 2.44. The largest absolute Gasteiger partial charge is 0.478 e. The summed E-state index contributed by atoms with van der Waals surface area (Å²) in [5.74, 6) is -0.958. The first-order valence-electron chi connectivity index (χ1n) is 9.30. The van der Waals surface area contributed by atoms with Gasteiger partial charge < -0.3 is 9.52 Å². The number of carbonyl (C=O) groups is 1. The Morgan fingerprint density at radius 1 is 0.759 bits per heavy atom. The van der Waals surface area contributed by atoms with Gasteiger partial charge in [0.05, 0.1) is 5.56 Å². The average molecular weight is 394 g/mol. The summed E-state index contributed by atoms with van der Waals surface area (Å²) in [5, 5.41) is 14.2. The van der Waals surface area contributed by atoms with Gasteiger partial charge in [0, 0.05) is 42.1 Å². The maximum absolute atomic E-state index is 12.1. The summed E-state index contributed by atoms with van der Waals surface area (Å²) in [6.07, 6.45) is 0. The van der Waals surface area contributed by atoms with Crippen molar-refractivity contribution in [2.75, 3.05) is 0 Å². The zero-order valence-electron chi connectivity index (χ0n) is 15.2. The number of para-hydroxylation sites is 1. The first-order valence-corrected chi connectivity index (χ1v) is 10.1. The van der Waals surface area contributed by atoms with E-state index in [1.807, 2.05) is 54.6 Å². The van der Waals surface area contributed by atoms with Crippen molar-refractivity contribution in [3.05, 3.63) is 84.4 Å². The van der Waals surface area contributed by atoms with Crippen LogP contribution < -0.4 is 0 Å². The predicted octanol–water partition coefficient (Wildman–Crippen LogP) is 7.32. The number of furan rings is 1. The number of hydrogen-bond acceptors (Lipinski definition) is 3. The second-order valence-electron chi connectivity index (χ2n) is 7.05. The third-order valence-corrected chi connectivity index (χ3v) is 6.67. The lowest BCUT2D eigenvalue weighted by Crippen LogP contribution is -1.99. The molecule has 2 heterocycles. The Balaban J connectivity index is 1.81. The van der Waals surface area contributed by atoms with E-state index in [2.05, 4.69) is 18.2 Å². The summed E-state index contributed by atoms with van der Waals surface area (Å²) in [4.78, 5) is 12.1. The highest BCUT2D eigenvalue weighted by molar-refractivity contribution is 7.26. The highest BCUT2D eigenvalue weighted by atomic mass is 32.1. The van der Waals surface area contributed by atoms with E-state index in [4.69, 9.17) is 4.42 Å². The van der Waals surface area contributed by atoms with Gasteiger partial charge in [-0.25, -0.2) is 4.79 Å². The second kappa shape index (κ2) is 5.93. The van der Waals surface area contributed by atoms with E-state index in [0.29, 0.717) is 11.1 Å². The molecule has 0 unspecified atom stereocenters. The molecule has 4 aromatic carbocycles. The molecule has 0 saturated carbocycles. The summed E-state index contributed by atoms with van der Waals surface area (Å²) in [5.41, 5.74) is 3.17. The summed E-state index contributed by atoms with van der Waals surface area (Å²) in [6, 6.07) is 25.7. The standard InChI is InChI=1S/C25H14O3S/c26-25(27)19-13-12-16-14-6-1-3-10-20(14)28-23(16)22(19)18-9-5-8-17-15-7-2-4-11-21(15)29-24(17)18/h1-13H,(H,26,27). The highest BCUT2D eigenvalue weighted by Gasteiger charge is 2.22. The van der Waals surface area contributed by atoms with Crippen LogP contribution in [0.3, 0.4) is 0 Å². The molecular weight excluding hydrogens is 380 g/mol. The molecule has 0 bridgehead atoms. The molecule has 0 aliphatic rings. The zero-order chi connectivity index (χ0) is 19.5. The SMILES string of the molecule is O=C(O)c1ccc2c(oc3ccccc32)c1-c1cccc2c1sc1ccccc12. The van der Waals surface area contributed by atoms with E-state index >= 15 is 0 Å². The van der Waals surface area contributed by atoms with Gasteiger partial charge in [-0.2, -0.15) is 0 Å². The Morgan fingerprint density at radius 2 is 1.52 bits per heavy atom. The lowest BCUT2D eigenvalue weighted by atomic mass is 9.95. The Hall–Kier alpha value is -3.63. The minimum Gasteiger partial charge on any atom is -0.478 e. The fourth-order valence-electron chi connectivity index (χ4n) is 4.18. The second-order valence-corrected chi connectivity index (χ2v) is 8.10. The molecule has 3 nitrogen and oxygen atoms in total. The summed E-state index contributed by atoms with van der Waals surface area (Å²) >= 11 is 1.68. The number of rotatable bonds is 2. The molecule has 0 aliphatic carbocycles. The lowest BCUT2D eigenvalue weighted by molar-refractivity contribution is 0.0698. The predicted molar refractivity (Wildman–Crippen MR) is 119 cm³/mol. The molecule has 0 amide bonds. The van der Waals surface area contributed by atoms with Crippen LogP contribution in [0.5, 0.6) is 0 Å². The van der Waals surface area contributed by atoms with Crippen molar-refractivity contribution in [1.82, 2.24) is 0 Å². The minimum absolute atomic E-state index is 0.251. The number of hydrogen-bond donors (Lipinski definition) is 1. The van der Waals surface area contributed by atoms with Crippen LogP contribution in [-0.4, -0.2) is 11.1 Å². The minimum atomic E-state index is -0.958. The Bertz CT molecular complexity index is 1590. The van der Waals surface area contributed by atoms with E-state index in [1.165, 1.54) is 10.1 Å². The van der Waals surface area contributed by atoms with Crippen molar-refractivity contribution in [3.63, 3.8) is 0 Å². The fourth-order valence-corrected chi connectivity index (χ4v) is 5.40.